The minimum Gasteiger partial charge on any atom is -0.343 e. The van der Waals surface area contributed by atoms with Crippen LogP contribution in [0.25, 0.3) is 0 Å². The maximum absolute atomic E-state index is 12.5. The number of carbonyl (C=O) groups excluding carboxylic acids is 1. The molecule has 3 rings (SSSR count). The number of nitrogens with zero attached hydrogens (tertiary/aromatic N) is 3. The molecule has 0 N–H and O–H groups in total. The van der Waals surface area contributed by atoms with Crippen molar-refractivity contribution in [3.05, 3.63) is 22.1 Å². The molecule has 1 atom stereocenters. The van der Waals surface area contributed by atoms with E-state index >= 15 is 0 Å². The van der Waals surface area contributed by atoms with Crippen LogP contribution in [-0.2, 0) is 11.2 Å². The summed E-state index contributed by atoms with van der Waals surface area (Å²) in [6.45, 7) is 3.74. The highest BCUT2D eigenvalue weighted by Crippen LogP contribution is 2.32. The molecule has 0 spiro atoms. The van der Waals surface area contributed by atoms with E-state index in [0.29, 0.717) is 6.42 Å². The first-order valence-corrected chi connectivity index (χ1v) is 9.20. The molecule has 1 aromatic rings. The number of rotatable bonds is 3. The zero-order chi connectivity index (χ0) is 15.5. The Labute approximate surface area is 135 Å². The van der Waals surface area contributed by atoms with Crippen molar-refractivity contribution >= 4 is 17.7 Å². The lowest BCUT2D eigenvalue weighted by Gasteiger charge is -2.22. The van der Waals surface area contributed by atoms with Crippen LogP contribution in [0.2, 0.25) is 0 Å². The second-order valence-corrected chi connectivity index (χ2v) is 7.04. The zero-order valence-electron chi connectivity index (χ0n) is 13.1. The Kier molecular flexibility index (Phi) is 4.86. The molecule has 1 amide bonds. The van der Waals surface area contributed by atoms with Crippen LogP contribution in [-0.4, -0.2) is 39.2 Å². The van der Waals surface area contributed by atoms with Crippen molar-refractivity contribution in [2.75, 3.05) is 18.8 Å². The van der Waals surface area contributed by atoms with Crippen molar-refractivity contribution < 1.29 is 4.79 Å². The van der Waals surface area contributed by atoms with Gasteiger partial charge in [0.05, 0.1) is 6.04 Å². The fourth-order valence-electron chi connectivity index (χ4n) is 3.18. The molecule has 1 aromatic heterocycles. The van der Waals surface area contributed by atoms with Crippen LogP contribution in [0.4, 0.5) is 0 Å². The van der Waals surface area contributed by atoms with Gasteiger partial charge in [0.2, 0.25) is 5.91 Å². The second kappa shape index (κ2) is 6.86. The summed E-state index contributed by atoms with van der Waals surface area (Å²) in [5.41, 5.74) is 0.823. The van der Waals surface area contributed by atoms with Gasteiger partial charge in [-0.2, -0.15) is 0 Å². The van der Waals surface area contributed by atoms with Crippen LogP contribution >= 0.6 is 11.8 Å². The third-order valence-corrected chi connectivity index (χ3v) is 5.57. The summed E-state index contributed by atoms with van der Waals surface area (Å²) in [5, 5.41) is 0.776. The Hall–Kier alpha value is -1.30. The first kappa shape index (κ1) is 15.6. The smallest absolute Gasteiger partial charge is 0.254 e. The highest BCUT2D eigenvalue weighted by Gasteiger charge is 2.29. The number of amides is 1. The van der Waals surface area contributed by atoms with Crippen LogP contribution in [0.3, 0.4) is 0 Å². The van der Waals surface area contributed by atoms with Crippen LogP contribution < -0.4 is 5.56 Å². The number of aromatic nitrogens is 2. The van der Waals surface area contributed by atoms with Gasteiger partial charge in [-0.05, 0) is 19.3 Å². The van der Waals surface area contributed by atoms with Crippen molar-refractivity contribution in [3.8, 4) is 0 Å². The van der Waals surface area contributed by atoms with Crippen molar-refractivity contribution in [3.63, 3.8) is 0 Å². The number of hydrogen-bond acceptors (Lipinski definition) is 4. The summed E-state index contributed by atoms with van der Waals surface area (Å²) >= 11 is 1.59. The van der Waals surface area contributed by atoms with Crippen molar-refractivity contribution in [2.45, 2.75) is 56.6 Å². The summed E-state index contributed by atoms with van der Waals surface area (Å²) in [6.07, 6.45) is 5.82. The molecule has 0 radical (unpaired) electrons. The first-order chi connectivity index (χ1) is 10.7. The van der Waals surface area contributed by atoms with Crippen LogP contribution in [0.1, 0.15) is 50.8 Å². The van der Waals surface area contributed by atoms with E-state index in [0.717, 1.165) is 49.0 Å². The molecule has 2 aliphatic heterocycles. The van der Waals surface area contributed by atoms with Crippen molar-refractivity contribution in [1.82, 2.24) is 14.5 Å². The third-order valence-electron chi connectivity index (χ3n) is 4.47. The molecular formula is C16H23N3O2S. The number of aryl methyl sites for hydroxylation is 1. The molecular weight excluding hydrogens is 298 g/mol. The Morgan fingerprint density at radius 1 is 1.32 bits per heavy atom. The summed E-state index contributed by atoms with van der Waals surface area (Å²) in [4.78, 5) is 31.3. The number of hydrogen-bond donors (Lipinski definition) is 0. The predicted molar refractivity (Wildman–Crippen MR) is 87.3 cm³/mol. The molecule has 0 aliphatic carbocycles. The van der Waals surface area contributed by atoms with Gasteiger partial charge in [0.25, 0.3) is 5.56 Å². The van der Waals surface area contributed by atoms with Gasteiger partial charge in [-0.15, -0.1) is 0 Å². The quantitative estimate of drug-likeness (QED) is 0.801. The zero-order valence-corrected chi connectivity index (χ0v) is 13.9. The standard InChI is InChI=1S/C16H23N3O2S/c1-2-12-9-15(21)19-13(11-22-16(19)17-12)10-14(20)18-7-5-3-4-6-8-18/h9,13H,2-8,10-11H2,1H3. The fourth-order valence-corrected chi connectivity index (χ4v) is 4.35. The van der Waals surface area contributed by atoms with Gasteiger partial charge >= 0.3 is 0 Å². The van der Waals surface area contributed by atoms with Gasteiger partial charge in [0, 0.05) is 37.0 Å². The Balaban J connectivity index is 1.73. The molecule has 0 aromatic carbocycles. The predicted octanol–water partition coefficient (Wildman–Crippen LogP) is 2.25. The summed E-state index contributed by atoms with van der Waals surface area (Å²) in [7, 11) is 0. The van der Waals surface area contributed by atoms with Crippen molar-refractivity contribution in [2.24, 2.45) is 0 Å². The Morgan fingerprint density at radius 2 is 2.05 bits per heavy atom. The van der Waals surface area contributed by atoms with Crippen molar-refractivity contribution in [1.29, 1.82) is 0 Å². The van der Waals surface area contributed by atoms with E-state index in [-0.39, 0.29) is 17.5 Å². The average Bonchev–Trinajstić information content (AvgIpc) is 2.74. The van der Waals surface area contributed by atoms with E-state index in [9.17, 15) is 9.59 Å². The molecule has 22 heavy (non-hydrogen) atoms. The number of carbonyl (C=O) groups is 1. The third kappa shape index (κ3) is 3.21. The SMILES string of the molecule is CCc1cc(=O)n2c(n1)SCC2CC(=O)N1CCCCCC1. The molecule has 120 valence electrons. The normalized spacial score (nSPS) is 21.5. The summed E-state index contributed by atoms with van der Waals surface area (Å²) in [5.74, 6) is 0.960. The highest BCUT2D eigenvalue weighted by molar-refractivity contribution is 7.99. The minimum absolute atomic E-state index is 0.0134. The molecule has 0 saturated carbocycles. The summed E-state index contributed by atoms with van der Waals surface area (Å²) in [6, 6.07) is 1.57. The van der Waals surface area contributed by atoms with E-state index < -0.39 is 0 Å². The number of fused-ring (bicyclic) bond motifs is 1. The monoisotopic (exact) mass is 321 g/mol. The van der Waals surface area contributed by atoms with E-state index in [1.165, 1.54) is 12.8 Å². The van der Waals surface area contributed by atoms with Gasteiger partial charge in [-0.3, -0.25) is 14.2 Å². The lowest BCUT2D eigenvalue weighted by atomic mass is 10.2. The molecule has 6 heteroatoms. The Bertz CT molecular complexity index is 606. The van der Waals surface area contributed by atoms with Crippen LogP contribution in [0, 0.1) is 0 Å². The van der Waals surface area contributed by atoms with Gasteiger partial charge in [0.1, 0.15) is 0 Å². The highest BCUT2D eigenvalue weighted by atomic mass is 32.2. The topological polar surface area (TPSA) is 55.2 Å². The molecule has 2 aliphatic rings. The van der Waals surface area contributed by atoms with Gasteiger partial charge < -0.3 is 4.90 Å². The van der Waals surface area contributed by atoms with Gasteiger partial charge in [-0.25, -0.2) is 4.98 Å². The average molecular weight is 321 g/mol. The first-order valence-electron chi connectivity index (χ1n) is 8.22. The van der Waals surface area contributed by atoms with Crippen LogP contribution in [0.5, 0.6) is 0 Å². The molecule has 5 nitrogen and oxygen atoms in total. The Morgan fingerprint density at radius 3 is 2.73 bits per heavy atom. The molecule has 1 fully saturated rings. The van der Waals surface area contributed by atoms with E-state index in [4.69, 9.17) is 0 Å². The van der Waals surface area contributed by atoms with E-state index in [2.05, 4.69) is 4.98 Å². The largest absolute Gasteiger partial charge is 0.343 e. The fraction of sp³-hybridized carbons (Fsp3) is 0.688. The second-order valence-electron chi connectivity index (χ2n) is 6.06. The maximum atomic E-state index is 12.5. The summed E-state index contributed by atoms with van der Waals surface area (Å²) < 4.78 is 1.72. The molecule has 1 saturated heterocycles. The lowest BCUT2D eigenvalue weighted by molar-refractivity contribution is -0.131. The number of likely N-dealkylation sites (tertiary alicyclic amines) is 1. The lowest BCUT2D eigenvalue weighted by Crippen LogP contribution is -2.35. The minimum atomic E-state index is -0.0401. The molecule has 0 bridgehead atoms. The van der Waals surface area contributed by atoms with E-state index in [1.807, 2.05) is 11.8 Å². The molecule has 1 unspecified atom stereocenters. The van der Waals surface area contributed by atoms with Crippen LogP contribution in [0.15, 0.2) is 16.0 Å². The van der Waals surface area contributed by atoms with Gasteiger partial charge in [0.15, 0.2) is 5.16 Å². The maximum Gasteiger partial charge on any atom is 0.254 e. The molecule has 3 heterocycles. The number of thioether (sulfide) groups is 1. The van der Waals surface area contributed by atoms with Gasteiger partial charge in [-0.1, -0.05) is 31.5 Å². The van der Waals surface area contributed by atoms with E-state index in [1.54, 1.807) is 22.4 Å².